The minimum atomic E-state index is 0.611. The molecule has 1 aromatic carbocycles. The van der Waals surface area contributed by atoms with E-state index >= 15 is 0 Å². The molecule has 0 radical (unpaired) electrons. The Bertz CT molecular complexity index is 884. The number of pyridine rings is 1. The van der Waals surface area contributed by atoms with Gasteiger partial charge in [-0.05, 0) is 50.1 Å². The third-order valence-electron chi connectivity index (χ3n) is 4.11. The highest BCUT2D eigenvalue weighted by molar-refractivity contribution is 5.68. The number of nitriles is 1. The van der Waals surface area contributed by atoms with E-state index in [1.807, 2.05) is 50.4 Å². The monoisotopic (exact) mass is 290 g/mol. The zero-order chi connectivity index (χ0) is 15.7. The molecule has 0 aliphatic heterocycles. The van der Waals surface area contributed by atoms with Crippen molar-refractivity contribution in [2.24, 2.45) is 0 Å². The van der Waals surface area contributed by atoms with Gasteiger partial charge in [0.25, 0.3) is 0 Å². The minimum Gasteiger partial charge on any atom is -0.378 e. The number of rotatable bonds is 3. The van der Waals surface area contributed by atoms with Crippen LogP contribution in [-0.4, -0.2) is 9.38 Å². The molecule has 110 valence electrons. The van der Waals surface area contributed by atoms with E-state index in [-0.39, 0.29) is 0 Å². The highest BCUT2D eigenvalue weighted by Crippen LogP contribution is 2.21. The van der Waals surface area contributed by atoms with Crippen LogP contribution in [0.15, 0.2) is 36.5 Å². The molecule has 0 aliphatic rings. The van der Waals surface area contributed by atoms with Crippen LogP contribution in [0.3, 0.4) is 0 Å². The maximum Gasteiger partial charge on any atom is 0.160 e. The summed E-state index contributed by atoms with van der Waals surface area (Å²) in [5.41, 5.74) is 6.95. The van der Waals surface area contributed by atoms with Crippen LogP contribution in [0.25, 0.3) is 5.65 Å². The Labute approximate surface area is 130 Å². The molecular formula is C18H18N4. The van der Waals surface area contributed by atoms with Crippen LogP contribution >= 0.6 is 0 Å². The van der Waals surface area contributed by atoms with Gasteiger partial charge in [0, 0.05) is 18.4 Å². The first-order valence-corrected chi connectivity index (χ1v) is 7.28. The Kier molecular flexibility index (Phi) is 3.56. The lowest BCUT2D eigenvalue weighted by atomic mass is 10.0. The van der Waals surface area contributed by atoms with Gasteiger partial charge < -0.3 is 9.72 Å². The van der Waals surface area contributed by atoms with Crippen molar-refractivity contribution in [3.05, 3.63) is 64.6 Å². The predicted molar refractivity (Wildman–Crippen MR) is 87.9 cm³/mol. The number of hydrogen-bond acceptors (Lipinski definition) is 3. The molecule has 0 saturated heterocycles. The number of imidazole rings is 1. The lowest BCUT2D eigenvalue weighted by Crippen LogP contribution is -2.05. The van der Waals surface area contributed by atoms with Crippen molar-refractivity contribution in [1.29, 1.82) is 5.26 Å². The van der Waals surface area contributed by atoms with Crippen molar-refractivity contribution >= 4 is 11.3 Å². The van der Waals surface area contributed by atoms with Crippen molar-refractivity contribution < 1.29 is 0 Å². The van der Waals surface area contributed by atoms with Gasteiger partial charge in [-0.2, -0.15) is 5.26 Å². The van der Waals surface area contributed by atoms with E-state index < -0.39 is 0 Å². The van der Waals surface area contributed by atoms with Crippen LogP contribution in [0.4, 0.5) is 5.69 Å². The summed E-state index contributed by atoms with van der Waals surface area (Å²) < 4.78 is 2.08. The average Bonchev–Trinajstić information content (AvgIpc) is 2.82. The Morgan fingerprint density at radius 1 is 1.18 bits per heavy atom. The van der Waals surface area contributed by atoms with Crippen molar-refractivity contribution in [3.8, 4) is 6.07 Å². The fraction of sp³-hybridized carbons (Fsp3) is 0.222. The molecule has 0 unspecified atom stereocenters. The second-order valence-corrected chi connectivity index (χ2v) is 5.46. The zero-order valence-corrected chi connectivity index (χ0v) is 13.0. The number of nitrogens with zero attached hydrogens (tertiary/aromatic N) is 3. The van der Waals surface area contributed by atoms with Crippen LogP contribution in [0.1, 0.15) is 28.1 Å². The first kappa shape index (κ1) is 14.2. The van der Waals surface area contributed by atoms with Gasteiger partial charge in [-0.3, -0.25) is 0 Å². The number of aromatic nitrogens is 2. The molecule has 2 aromatic heterocycles. The molecule has 4 heteroatoms. The third-order valence-corrected chi connectivity index (χ3v) is 4.11. The summed E-state index contributed by atoms with van der Waals surface area (Å²) in [6.45, 7) is 6.72. The van der Waals surface area contributed by atoms with Crippen LogP contribution in [0, 0.1) is 32.1 Å². The molecule has 0 spiro atoms. The summed E-state index contributed by atoms with van der Waals surface area (Å²) in [5, 5.41) is 12.7. The van der Waals surface area contributed by atoms with E-state index in [0.29, 0.717) is 6.54 Å². The Balaban J connectivity index is 1.96. The number of nitrogens with one attached hydrogen (secondary N) is 1. The summed E-state index contributed by atoms with van der Waals surface area (Å²) in [4.78, 5) is 4.63. The van der Waals surface area contributed by atoms with Gasteiger partial charge in [-0.1, -0.05) is 12.1 Å². The molecule has 0 bridgehead atoms. The third kappa shape index (κ3) is 2.31. The van der Waals surface area contributed by atoms with Gasteiger partial charge in [0.1, 0.15) is 0 Å². The average molecular weight is 290 g/mol. The molecule has 0 fully saturated rings. The molecule has 0 aliphatic carbocycles. The molecule has 2 heterocycles. The molecule has 3 rings (SSSR count). The molecule has 1 N–H and O–H groups in total. The highest BCUT2D eigenvalue weighted by atomic mass is 15.0. The van der Waals surface area contributed by atoms with Crippen molar-refractivity contribution in [2.75, 3.05) is 5.32 Å². The zero-order valence-electron chi connectivity index (χ0n) is 13.0. The summed E-state index contributed by atoms with van der Waals surface area (Å²) >= 11 is 0. The van der Waals surface area contributed by atoms with Gasteiger partial charge in [0.2, 0.25) is 0 Å². The second-order valence-electron chi connectivity index (χ2n) is 5.46. The molecular weight excluding hydrogens is 272 g/mol. The topological polar surface area (TPSA) is 53.1 Å². The standard InChI is InChI=1S/C18H18N4/c1-12-6-4-7-15(10-19)16(12)11-20-17-8-5-9-22-14(3)13(2)21-18(17)22/h4-9,20H,11H2,1-3H3. The number of aryl methyl sites for hydroxylation is 3. The fourth-order valence-corrected chi connectivity index (χ4v) is 2.66. The van der Waals surface area contributed by atoms with Gasteiger partial charge in [0.05, 0.1) is 23.0 Å². The van der Waals surface area contributed by atoms with Gasteiger partial charge in [0.15, 0.2) is 5.65 Å². The second kappa shape index (κ2) is 5.53. The summed E-state index contributed by atoms with van der Waals surface area (Å²) in [6, 6.07) is 12.1. The minimum absolute atomic E-state index is 0.611. The molecule has 0 saturated carbocycles. The van der Waals surface area contributed by atoms with Crippen LogP contribution in [-0.2, 0) is 6.54 Å². The van der Waals surface area contributed by atoms with Crippen LogP contribution < -0.4 is 5.32 Å². The molecule has 0 atom stereocenters. The smallest absolute Gasteiger partial charge is 0.160 e. The van der Waals surface area contributed by atoms with Gasteiger partial charge in [-0.25, -0.2) is 4.98 Å². The van der Waals surface area contributed by atoms with E-state index in [4.69, 9.17) is 0 Å². The number of fused-ring (bicyclic) bond motifs is 1. The van der Waals surface area contributed by atoms with Crippen LogP contribution in [0.5, 0.6) is 0 Å². The van der Waals surface area contributed by atoms with Crippen molar-refractivity contribution in [1.82, 2.24) is 9.38 Å². The molecule has 0 amide bonds. The Morgan fingerprint density at radius 2 is 2.00 bits per heavy atom. The van der Waals surface area contributed by atoms with Crippen molar-refractivity contribution in [2.45, 2.75) is 27.3 Å². The van der Waals surface area contributed by atoms with E-state index in [9.17, 15) is 5.26 Å². The molecule has 22 heavy (non-hydrogen) atoms. The summed E-state index contributed by atoms with van der Waals surface area (Å²) in [7, 11) is 0. The molecule has 4 nitrogen and oxygen atoms in total. The maximum atomic E-state index is 9.26. The summed E-state index contributed by atoms with van der Waals surface area (Å²) in [6.07, 6.45) is 2.02. The van der Waals surface area contributed by atoms with Gasteiger partial charge in [-0.15, -0.1) is 0 Å². The molecule has 3 aromatic rings. The Hall–Kier alpha value is -2.80. The van der Waals surface area contributed by atoms with E-state index in [2.05, 4.69) is 27.7 Å². The first-order chi connectivity index (χ1) is 10.6. The van der Waals surface area contributed by atoms with Crippen LogP contribution in [0.2, 0.25) is 0 Å². The number of hydrogen-bond donors (Lipinski definition) is 1. The largest absolute Gasteiger partial charge is 0.378 e. The number of benzene rings is 1. The van der Waals surface area contributed by atoms with E-state index in [1.54, 1.807) is 0 Å². The lowest BCUT2D eigenvalue weighted by molar-refractivity contribution is 1.07. The van der Waals surface area contributed by atoms with E-state index in [1.165, 1.54) is 0 Å². The predicted octanol–water partition coefficient (Wildman–Crippen LogP) is 3.74. The van der Waals surface area contributed by atoms with E-state index in [0.717, 1.165) is 39.4 Å². The maximum absolute atomic E-state index is 9.26. The van der Waals surface area contributed by atoms with Crippen molar-refractivity contribution in [3.63, 3.8) is 0 Å². The SMILES string of the molecule is Cc1cccc(C#N)c1CNc1cccn2c(C)c(C)nc12. The van der Waals surface area contributed by atoms with Gasteiger partial charge >= 0.3 is 0 Å². The number of anilines is 1. The first-order valence-electron chi connectivity index (χ1n) is 7.28. The normalized spacial score (nSPS) is 10.6. The quantitative estimate of drug-likeness (QED) is 0.799. The Morgan fingerprint density at radius 3 is 2.77 bits per heavy atom. The highest BCUT2D eigenvalue weighted by Gasteiger charge is 2.10. The summed E-state index contributed by atoms with van der Waals surface area (Å²) in [5.74, 6) is 0. The fourth-order valence-electron chi connectivity index (χ4n) is 2.66. The lowest BCUT2D eigenvalue weighted by Gasteiger charge is -2.11.